The quantitative estimate of drug-likeness (QED) is 0.269. The molecule has 32 heavy (non-hydrogen) atoms. The van der Waals surface area contributed by atoms with Gasteiger partial charge in [0.2, 0.25) is 5.91 Å². The number of benzene rings is 1. The highest BCUT2D eigenvalue weighted by Crippen LogP contribution is 2.42. The molecule has 0 bridgehead atoms. The Morgan fingerprint density at radius 1 is 1.09 bits per heavy atom. The van der Waals surface area contributed by atoms with Crippen molar-refractivity contribution in [2.45, 2.75) is 77.6 Å². The number of hydrogen-bond acceptors (Lipinski definition) is 2. The Kier molecular flexibility index (Phi) is 9.89. The molecule has 1 unspecified atom stereocenters. The van der Waals surface area contributed by atoms with Crippen LogP contribution in [0.4, 0.5) is 0 Å². The number of rotatable bonds is 11. The number of carbonyl (C=O) groups excluding carboxylic acids is 1. The number of unbranched alkanes of at least 4 members (excludes halogenated alkanes) is 2. The van der Waals surface area contributed by atoms with Gasteiger partial charge in [-0.05, 0) is 79.2 Å². The van der Waals surface area contributed by atoms with Gasteiger partial charge in [-0.1, -0.05) is 70.2 Å². The van der Waals surface area contributed by atoms with E-state index in [1.165, 1.54) is 87.8 Å². The van der Waals surface area contributed by atoms with Crippen molar-refractivity contribution >= 4 is 11.5 Å². The predicted molar refractivity (Wildman–Crippen MR) is 135 cm³/mol. The Morgan fingerprint density at radius 2 is 1.84 bits per heavy atom. The molecule has 0 saturated heterocycles. The van der Waals surface area contributed by atoms with E-state index in [1.807, 2.05) is 0 Å². The van der Waals surface area contributed by atoms with E-state index in [0.717, 1.165) is 23.5 Å². The van der Waals surface area contributed by atoms with Crippen molar-refractivity contribution in [3.05, 3.63) is 48.6 Å². The fourth-order valence-corrected chi connectivity index (χ4v) is 5.51. The Hall–Kier alpha value is -2.03. The molecule has 3 nitrogen and oxygen atoms in total. The van der Waals surface area contributed by atoms with Crippen molar-refractivity contribution in [3.63, 3.8) is 0 Å². The molecule has 2 aliphatic carbocycles. The third-order valence-electron chi connectivity index (χ3n) is 7.70. The van der Waals surface area contributed by atoms with Gasteiger partial charge < -0.3 is 9.64 Å². The number of allylic oxidation sites excluding steroid dienone is 2. The third-order valence-corrected chi connectivity index (χ3v) is 7.70. The summed E-state index contributed by atoms with van der Waals surface area (Å²) in [5, 5.41) is 0. The molecule has 0 radical (unpaired) electrons. The van der Waals surface area contributed by atoms with Crippen LogP contribution in [0.15, 0.2) is 43.0 Å². The van der Waals surface area contributed by atoms with Crippen molar-refractivity contribution < 1.29 is 9.53 Å². The lowest BCUT2D eigenvalue weighted by Gasteiger charge is -2.35. The SMILES string of the molecule is C=CC(=O)N(C)CCOc1ccc(C2=CCC(C3CCC(CCCCC)CC3)CC2)cc1. The molecular weight excluding hydrogens is 394 g/mol. The summed E-state index contributed by atoms with van der Waals surface area (Å²) >= 11 is 0. The molecule has 3 rings (SSSR count). The van der Waals surface area contributed by atoms with Gasteiger partial charge in [0.05, 0.1) is 6.54 Å². The molecule has 1 saturated carbocycles. The van der Waals surface area contributed by atoms with Crippen molar-refractivity contribution in [1.82, 2.24) is 4.90 Å². The van der Waals surface area contributed by atoms with Crippen molar-refractivity contribution in [3.8, 4) is 5.75 Å². The number of ether oxygens (including phenoxy) is 1. The van der Waals surface area contributed by atoms with E-state index in [2.05, 4.69) is 43.8 Å². The first-order valence-electron chi connectivity index (χ1n) is 12.9. The van der Waals surface area contributed by atoms with Crippen LogP contribution in [0.1, 0.15) is 83.1 Å². The molecule has 176 valence electrons. The van der Waals surface area contributed by atoms with Crippen LogP contribution in [0.5, 0.6) is 5.75 Å². The van der Waals surface area contributed by atoms with E-state index in [-0.39, 0.29) is 5.91 Å². The second-order valence-corrected chi connectivity index (χ2v) is 9.88. The maximum absolute atomic E-state index is 11.5. The average Bonchev–Trinajstić information content (AvgIpc) is 2.84. The summed E-state index contributed by atoms with van der Waals surface area (Å²) in [4.78, 5) is 13.1. The van der Waals surface area contributed by atoms with Gasteiger partial charge in [-0.3, -0.25) is 4.79 Å². The van der Waals surface area contributed by atoms with Gasteiger partial charge in [-0.15, -0.1) is 0 Å². The zero-order chi connectivity index (χ0) is 22.8. The minimum absolute atomic E-state index is 0.0773. The van der Waals surface area contributed by atoms with Crippen LogP contribution in [-0.4, -0.2) is 31.0 Å². The summed E-state index contributed by atoms with van der Waals surface area (Å²) in [7, 11) is 1.76. The molecular formula is C29H43NO2. The highest BCUT2D eigenvalue weighted by molar-refractivity contribution is 5.86. The van der Waals surface area contributed by atoms with Crippen LogP contribution in [0, 0.1) is 17.8 Å². The highest BCUT2D eigenvalue weighted by atomic mass is 16.5. The first-order chi connectivity index (χ1) is 15.6. The topological polar surface area (TPSA) is 29.5 Å². The molecule has 0 aromatic heterocycles. The second kappa shape index (κ2) is 12.9. The molecule has 1 fully saturated rings. The molecule has 0 N–H and O–H groups in total. The van der Waals surface area contributed by atoms with E-state index in [0.29, 0.717) is 13.2 Å². The van der Waals surface area contributed by atoms with E-state index < -0.39 is 0 Å². The minimum atomic E-state index is -0.0773. The summed E-state index contributed by atoms with van der Waals surface area (Å²) in [6.45, 7) is 6.86. The normalized spacial score (nSPS) is 23.3. The molecule has 0 aliphatic heterocycles. The maximum Gasteiger partial charge on any atom is 0.245 e. The molecule has 1 amide bonds. The number of amides is 1. The lowest BCUT2D eigenvalue weighted by molar-refractivity contribution is -0.125. The van der Waals surface area contributed by atoms with Gasteiger partial charge in [0.15, 0.2) is 0 Å². The summed E-state index contributed by atoms with van der Waals surface area (Å²) in [6.07, 6.45) is 19.2. The van der Waals surface area contributed by atoms with Crippen molar-refractivity contribution in [2.75, 3.05) is 20.2 Å². The second-order valence-electron chi connectivity index (χ2n) is 9.88. The lowest BCUT2D eigenvalue weighted by Crippen LogP contribution is -2.29. The van der Waals surface area contributed by atoms with Crippen LogP contribution < -0.4 is 4.74 Å². The maximum atomic E-state index is 11.5. The highest BCUT2D eigenvalue weighted by Gasteiger charge is 2.28. The number of nitrogens with zero attached hydrogens (tertiary/aromatic N) is 1. The third kappa shape index (κ3) is 7.25. The zero-order valence-corrected chi connectivity index (χ0v) is 20.4. The molecule has 1 aromatic rings. The zero-order valence-electron chi connectivity index (χ0n) is 20.4. The summed E-state index contributed by atoms with van der Waals surface area (Å²) in [5.41, 5.74) is 2.83. The van der Waals surface area contributed by atoms with Crippen LogP contribution in [-0.2, 0) is 4.79 Å². The Morgan fingerprint density at radius 3 is 2.47 bits per heavy atom. The molecule has 1 aromatic carbocycles. The van der Waals surface area contributed by atoms with Gasteiger partial charge >= 0.3 is 0 Å². The van der Waals surface area contributed by atoms with Gasteiger partial charge in [0.1, 0.15) is 12.4 Å². The first kappa shape index (κ1) is 24.6. The van der Waals surface area contributed by atoms with Crippen LogP contribution in [0.2, 0.25) is 0 Å². The molecule has 0 spiro atoms. The first-order valence-corrected chi connectivity index (χ1v) is 12.9. The monoisotopic (exact) mass is 437 g/mol. The minimum Gasteiger partial charge on any atom is -0.492 e. The van der Waals surface area contributed by atoms with E-state index in [1.54, 1.807) is 11.9 Å². The van der Waals surface area contributed by atoms with Crippen LogP contribution in [0.25, 0.3) is 5.57 Å². The number of hydrogen-bond donors (Lipinski definition) is 0. The lowest BCUT2D eigenvalue weighted by atomic mass is 9.70. The predicted octanol–water partition coefficient (Wildman–Crippen LogP) is 7.28. The summed E-state index contributed by atoms with van der Waals surface area (Å²) in [5.74, 6) is 3.64. The van der Waals surface area contributed by atoms with Gasteiger partial charge in [0, 0.05) is 7.05 Å². The Labute approximate surface area is 195 Å². The molecule has 1 atom stereocenters. The van der Waals surface area contributed by atoms with E-state index in [9.17, 15) is 4.79 Å². The van der Waals surface area contributed by atoms with Gasteiger partial charge in [-0.2, -0.15) is 0 Å². The standard InChI is InChI=1S/C29H43NO2/c1-4-6-7-8-23-9-11-24(12-10-23)25-13-15-26(16-14-25)27-17-19-28(20-18-27)32-22-21-30(3)29(31)5-2/h5,15,17-20,23-25H,2,4,6-14,16,21-22H2,1,3H3. The molecule has 0 heterocycles. The Bertz CT molecular complexity index is 743. The smallest absolute Gasteiger partial charge is 0.245 e. The van der Waals surface area contributed by atoms with Crippen LogP contribution >= 0.6 is 0 Å². The van der Waals surface area contributed by atoms with Crippen molar-refractivity contribution in [1.29, 1.82) is 0 Å². The Balaban J connectivity index is 1.41. The van der Waals surface area contributed by atoms with Crippen LogP contribution in [0.3, 0.4) is 0 Å². The fourth-order valence-electron chi connectivity index (χ4n) is 5.51. The molecule has 3 heteroatoms. The van der Waals surface area contributed by atoms with E-state index in [4.69, 9.17) is 4.74 Å². The van der Waals surface area contributed by atoms with Gasteiger partial charge in [0.25, 0.3) is 0 Å². The number of likely N-dealkylation sites (N-methyl/N-ethyl adjacent to an activating group) is 1. The largest absolute Gasteiger partial charge is 0.492 e. The van der Waals surface area contributed by atoms with Gasteiger partial charge in [-0.25, -0.2) is 0 Å². The summed E-state index contributed by atoms with van der Waals surface area (Å²) in [6, 6.07) is 8.47. The van der Waals surface area contributed by atoms with E-state index >= 15 is 0 Å². The summed E-state index contributed by atoms with van der Waals surface area (Å²) < 4.78 is 5.80. The average molecular weight is 438 g/mol. The molecule has 2 aliphatic rings. The fraction of sp³-hybridized carbons (Fsp3) is 0.621. The number of carbonyl (C=O) groups is 1. The van der Waals surface area contributed by atoms with Crippen molar-refractivity contribution in [2.24, 2.45) is 17.8 Å².